The second-order valence-electron chi connectivity index (χ2n) is 28.6. The van der Waals surface area contributed by atoms with Gasteiger partial charge in [-0.3, -0.25) is 0 Å². The molecule has 0 unspecified atom stereocenters. The van der Waals surface area contributed by atoms with Gasteiger partial charge in [-0.1, -0.05) is 0 Å². The maximum Gasteiger partial charge on any atom is 0.0784 e. The van der Waals surface area contributed by atoms with Gasteiger partial charge in [-0.2, -0.15) is 0 Å². The molecule has 20 heteroatoms. The number of hydrogen-bond donors (Lipinski definition) is 0. The molecule has 0 amide bonds. The van der Waals surface area contributed by atoms with E-state index in [9.17, 15) is 0 Å². The number of unbranched alkanes of at least 4 members (excludes halogenated alkanes) is 8. The molecule has 0 aromatic carbocycles. The van der Waals surface area contributed by atoms with Crippen LogP contribution in [0.25, 0.3) is 89.8 Å². The Morgan fingerprint density at radius 3 is 0.893 bits per heavy atom. The molecule has 0 spiro atoms. The average molecular weight is 2260 g/mol. The van der Waals surface area contributed by atoms with E-state index in [1.165, 1.54) is 252 Å². The molecule has 0 bridgehead atoms. The van der Waals surface area contributed by atoms with Crippen LogP contribution in [-0.4, -0.2) is 59.3 Å². The molecule has 0 nitrogen and oxygen atoms in total. The zero-order valence-corrected chi connectivity index (χ0v) is 92.8. The first-order valence-corrected chi connectivity index (χ1v) is 71.6. The van der Waals surface area contributed by atoms with Gasteiger partial charge >= 0.3 is 391 Å². The largest absolute Gasteiger partial charge is 0.142 e. The van der Waals surface area contributed by atoms with E-state index < -0.39 is 36.8 Å². The molecular formula is C92H113Br3S14Sn3. The third kappa shape index (κ3) is 28.6. The predicted molar refractivity (Wildman–Crippen MR) is 548 cm³/mol. The van der Waals surface area contributed by atoms with Crippen molar-refractivity contribution in [2.45, 2.75) is 223 Å². The third-order valence-corrected chi connectivity index (χ3v) is 75.0. The van der Waals surface area contributed by atoms with Crippen LogP contribution >= 0.6 is 207 Å². The van der Waals surface area contributed by atoms with Crippen molar-refractivity contribution in [1.82, 2.24) is 0 Å². The van der Waals surface area contributed by atoms with Gasteiger partial charge in [0.05, 0.1) is 21.1 Å². The number of rotatable bonds is 34. The van der Waals surface area contributed by atoms with Gasteiger partial charge in [0.25, 0.3) is 0 Å². The van der Waals surface area contributed by atoms with Gasteiger partial charge in [-0.05, 0) is 188 Å². The summed E-state index contributed by atoms with van der Waals surface area (Å²) in [5.41, 5.74) is 4.05. The Labute approximate surface area is 776 Å². The van der Waals surface area contributed by atoms with Crippen molar-refractivity contribution in [3.63, 3.8) is 0 Å². The van der Waals surface area contributed by atoms with Crippen LogP contribution in [0.3, 0.4) is 0 Å². The standard InChI is InChI=1S/C26H18S6.C12H13S2.C9H7BrS2.C9H7S2.C8H4Br2S2.7C4H9.3Sn.H/c1-15-3-5-19(29-15)17-11-13-27-25(17)23-9-7-21(31-23)22-8-10-24(32-22)26-18(12-14-28-26)20-6-4-16(2)30-20;1-2-3-5-10-7-8-12(14-10)11-6-4-9-13-11;1-6-2-3-8(12-6)7-4-5-11-9(7)10;1-7-4-5-9(11-7)8-3-2-6-10-8;9-7-3-1-5(11-7)6-2-4-8(10)12-6;7*1-3-4-2;;;;/h3-14H,1-2H3;4,6-8H,2-3,5H2,1H3;2-5H,1H3;2-5H,1H3;1-4H;7*1,3-4H2,2H3;;;;. The summed E-state index contributed by atoms with van der Waals surface area (Å²) in [5, 5.41) is 6.54. The maximum atomic E-state index is 3.54. The van der Waals surface area contributed by atoms with Gasteiger partial charge < -0.3 is 0 Å². The minimum atomic E-state index is -2.24. The Morgan fingerprint density at radius 2 is 0.562 bits per heavy atom. The third-order valence-electron chi connectivity index (χ3n) is 19.8. The van der Waals surface area contributed by atoms with Crippen LogP contribution in [0.5, 0.6) is 0 Å². The summed E-state index contributed by atoms with van der Waals surface area (Å²) in [7, 11) is 0. The first-order chi connectivity index (χ1) is 54.4. The molecule has 0 aliphatic rings. The smallest absolute Gasteiger partial charge is 0.0784 e. The Kier molecular flexibility index (Phi) is 43.4. The fourth-order valence-electron chi connectivity index (χ4n) is 13.5. The summed E-state index contributed by atoms with van der Waals surface area (Å²) in [6.07, 6.45) is 23.6. The summed E-state index contributed by atoms with van der Waals surface area (Å²) >= 11 is 34.1. The predicted octanol–water partition coefficient (Wildman–Crippen LogP) is 38.4. The van der Waals surface area contributed by atoms with Crippen LogP contribution in [0.2, 0.25) is 31.1 Å². The van der Waals surface area contributed by atoms with E-state index in [2.05, 4.69) is 321 Å². The zero-order chi connectivity index (χ0) is 79.8. The van der Waals surface area contributed by atoms with Gasteiger partial charge in [0.2, 0.25) is 0 Å². The van der Waals surface area contributed by atoms with Crippen LogP contribution in [0.15, 0.2) is 179 Å². The SMILES string of the molecule is Brc1ccc(-c2ccc(Br)s2)s1.CCCCc1ccc(-c2cc[c]([Sn]([CH2]CCC)([CH2]CCC)[CH2]CCC)s2)s1.CCC[CH2][SnH].CCC[CH2][Sn]([CH2]CCC)([CH2]CCC)[c]1ccc(-c2ccc(C)s2)s1.Cc1ccc(-c2ccsc2-c2ccc(-c3ccc(-c4sccc4-c4ccc(C)s4)s3)s2)s1.Cc1ccc(-c2ccsc2Br)s1. The first kappa shape index (κ1) is 95.5. The number of thiophene rings is 14. The van der Waals surface area contributed by atoms with Crippen molar-refractivity contribution in [1.29, 1.82) is 0 Å². The van der Waals surface area contributed by atoms with Crippen LogP contribution < -0.4 is 5.79 Å². The molecule has 0 saturated carbocycles. The van der Waals surface area contributed by atoms with E-state index in [1.807, 2.05) is 108 Å². The van der Waals surface area contributed by atoms with Gasteiger partial charge in [0, 0.05) is 75.2 Å². The van der Waals surface area contributed by atoms with E-state index in [0.717, 1.165) is 0 Å². The quantitative estimate of drug-likeness (QED) is 0.0353. The summed E-state index contributed by atoms with van der Waals surface area (Å²) in [6.45, 7) is 27.4. The Morgan fingerprint density at radius 1 is 0.268 bits per heavy atom. The van der Waals surface area contributed by atoms with E-state index >= 15 is 0 Å². The molecule has 0 fully saturated rings. The molecule has 2 radical (unpaired) electrons. The average Bonchev–Trinajstić information content (AvgIpc) is 1.63. The van der Waals surface area contributed by atoms with Crippen molar-refractivity contribution < 1.29 is 0 Å². The number of halogens is 3. The normalized spacial score (nSPS) is 11.4. The van der Waals surface area contributed by atoms with Crippen molar-refractivity contribution in [3.05, 3.63) is 204 Å². The second kappa shape index (κ2) is 50.9. The summed E-state index contributed by atoms with van der Waals surface area (Å²) in [5.74, 6) is 0. The Balaban J connectivity index is 0.000000165. The molecule has 0 aliphatic heterocycles. The van der Waals surface area contributed by atoms with Crippen molar-refractivity contribution in [3.8, 4) is 89.8 Å². The van der Waals surface area contributed by atoms with Crippen molar-refractivity contribution >= 4 is 272 Å². The molecule has 0 atom stereocenters. The maximum absolute atomic E-state index is 3.54. The van der Waals surface area contributed by atoms with Crippen LogP contribution in [0.1, 0.15) is 183 Å². The van der Waals surface area contributed by atoms with Gasteiger partial charge in [-0.25, -0.2) is 0 Å². The molecule has 598 valence electrons. The van der Waals surface area contributed by atoms with Crippen LogP contribution in [-0.2, 0) is 6.42 Å². The fourth-order valence-corrected chi connectivity index (χ4v) is 68.5. The van der Waals surface area contributed by atoms with E-state index in [1.54, 1.807) is 70.4 Å². The molecule has 0 N–H and O–H groups in total. The topological polar surface area (TPSA) is 0 Å². The Hall–Kier alpha value is -0.364. The van der Waals surface area contributed by atoms with Gasteiger partial charge in [-0.15, -0.1) is 113 Å². The first-order valence-electron chi connectivity index (χ1n) is 40.3. The summed E-state index contributed by atoms with van der Waals surface area (Å²) in [4.78, 5) is 28.0. The molecule has 0 saturated heterocycles. The number of aryl methyl sites for hydroxylation is 5. The summed E-state index contributed by atoms with van der Waals surface area (Å²) in [6, 6.07) is 56.9. The van der Waals surface area contributed by atoms with Crippen molar-refractivity contribution in [2.75, 3.05) is 0 Å². The monoisotopic (exact) mass is 2260 g/mol. The van der Waals surface area contributed by atoms with E-state index in [-0.39, 0.29) is 0 Å². The molecule has 0 aliphatic carbocycles. The van der Waals surface area contributed by atoms with E-state index in [0.29, 0.717) is 0 Å². The molecule has 14 aromatic rings. The zero-order valence-electron chi connectivity index (χ0n) is 67.6. The summed E-state index contributed by atoms with van der Waals surface area (Å²) < 4.78 is 18.3. The molecular weight excluding hydrogens is 2150 g/mol. The molecule has 14 aromatic heterocycles. The second-order valence-corrected chi connectivity index (χ2v) is 78.3. The minimum Gasteiger partial charge on any atom is -0.142 e. The van der Waals surface area contributed by atoms with E-state index in [4.69, 9.17) is 0 Å². The number of hydrogen-bond acceptors (Lipinski definition) is 14. The molecule has 112 heavy (non-hydrogen) atoms. The van der Waals surface area contributed by atoms with Gasteiger partial charge in [0.15, 0.2) is 0 Å². The van der Waals surface area contributed by atoms with Gasteiger partial charge in [0.1, 0.15) is 0 Å². The van der Waals surface area contributed by atoms with Crippen LogP contribution in [0.4, 0.5) is 0 Å². The van der Waals surface area contributed by atoms with Crippen LogP contribution in [0, 0.1) is 27.7 Å². The fraction of sp³-hybridized carbons (Fsp3) is 0.391. The Bertz CT molecular complexity index is 4710. The van der Waals surface area contributed by atoms with Crippen molar-refractivity contribution in [2.24, 2.45) is 0 Å². The molecule has 14 rings (SSSR count). The molecule has 14 heterocycles. The minimum absolute atomic E-state index is 1.18.